The third-order valence-electron chi connectivity index (χ3n) is 1.25. The first-order valence-electron chi connectivity index (χ1n) is 3.74. The molecule has 0 aliphatic carbocycles. The predicted octanol–water partition coefficient (Wildman–Crippen LogP) is 1.53. The van der Waals surface area contributed by atoms with Gasteiger partial charge in [0.05, 0.1) is 12.8 Å². The minimum Gasteiger partial charge on any atom is -0.359 e. The van der Waals surface area contributed by atoms with Crippen molar-refractivity contribution in [1.82, 2.24) is 5.32 Å². The van der Waals surface area contributed by atoms with Gasteiger partial charge in [-0.1, -0.05) is 19.1 Å². The van der Waals surface area contributed by atoms with Crippen LogP contribution in [0.1, 0.15) is 20.3 Å². The minimum absolute atomic E-state index is 0.275. The van der Waals surface area contributed by atoms with Crippen molar-refractivity contribution >= 4 is 0 Å². The number of hydrogen-bond donors (Lipinski definition) is 1. The second kappa shape index (κ2) is 6.78. The van der Waals surface area contributed by atoms with Crippen LogP contribution in [-0.2, 0) is 4.74 Å². The van der Waals surface area contributed by atoms with Gasteiger partial charge in [0, 0.05) is 0 Å². The molecule has 0 bridgehead atoms. The van der Waals surface area contributed by atoms with E-state index in [-0.39, 0.29) is 6.10 Å². The highest BCUT2D eigenvalue weighted by atomic mass is 16.5. The molecule has 1 atom stereocenters. The number of nitrogens with one attached hydrogen (secondary N) is 1. The lowest BCUT2D eigenvalue weighted by atomic mass is 10.2. The fourth-order valence-electron chi connectivity index (χ4n) is 0.715. The third kappa shape index (κ3) is 4.53. The van der Waals surface area contributed by atoms with Gasteiger partial charge < -0.3 is 4.74 Å². The number of rotatable bonds is 5. The lowest BCUT2D eigenvalue weighted by molar-refractivity contribution is 0.0724. The molecule has 2 nitrogen and oxygen atoms in total. The minimum atomic E-state index is 0.275. The van der Waals surface area contributed by atoms with Crippen LogP contribution >= 0.6 is 0 Å². The van der Waals surface area contributed by atoms with Crippen LogP contribution in [0.3, 0.4) is 0 Å². The summed E-state index contributed by atoms with van der Waals surface area (Å²) in [4.78, 5) is 0. The van der Waals surface area contributed by atoms with Gasteiger partial charge in [-0.2, -0.15) is 0 Å². The highest BCUT2D eigenvalue weighted by Gasteiger charge is 1.97. The van der Waals surface area contributed by atoms with Crippen molar-refractivity contribution < 1.29 is 4.74 Å². The number of ether oxygens (including phenoxy) is 1. The van der Waals surface area contributed by atoms with Crippen LogP contribution in [-0.4, -0.2) is 19.9 Å². The molecule has 0 heterocycles. The maximum Gasteiger partial charge on any atom is 0.0970 e. The Labute approximate surface area is 63.3 Å². The van der Waals surface area contributed by atoms with Gasteiger partial charge in [0.15, 0.2) is 0 Å². The molecule has 0 spiro atoms. The summed E-state index contributed by atoms with van der Waals surface area (Å²) >= 11 is 0. The highest BCUT2D eigenvalue weighted by molar-refractivity contribution is 4.85. The van der Waals surface area contributed by atoms with E-state index in [0.717, 1.165) is 6.42 Å². The Morgan fingerprint density at radius 2 is 2.30 bits per heavy atom. The largest absolute Gasteiger partial charge is 0.359 e. The van der Waals surface area contributed by atoms with Gasteiger partial charge in [-0.25, -0.2) is 0 Å². The molecule has 0 aliphatic heterocycles. The Hall–Kier alpha value is -0.340. The summed E-state index contributed by atoms with van der Waals surface area (Å²) in [7, 11) is 1.88. The van der Waals surface area contributed by atoms with Crippen LogP contribution in [0.25, 0.3) is 0 Å². The summed E-state index contributed by atoms with van der Waals surface area (Å²) < 4.78 is 5.38. The molecule has 1 unspecified atom stereocenters. The molecule has 0 saturated heterocycles. The molecular weight excluding hydrogens is 126 g/mol. The Morgan fingerprint density at radius 3 is 2.70 bits per heavy atom. The zero-order valence-electron chi connectivity index (χ0n) is 7.05. The summed E-state index contributed by atoms with van der Waals surface area (Å²) in [6.07, 6.45) is 5.39. The molecule has 0 aromatic heterocycles. The molecule has 0 aromatic carbocycles. The zero-order valence-corrected chi connectivity index (χ0v) is 7.05. The van der Waals surface area contributed by atoms with Gasteiger partial charge in [0.2, 0.25) is 0 Å². The second-order valence-corrected chi connectivity index (χ2v) is 2.14. The Balaban J connectivity index is 3.39. The molecule has 0 rings (SSSR count). The van der Waals surface area contributed by atoms with Crippen molar-refractivity contribution in [2.45, 2.75) is 26.4 Å². The molecule has 10 heavy (non-hydrogen) atoms. The number of allylic oxidation sites excluding steroid dienone is 1. The average molecular weight is 143 g/mol. The molecule has 0 saturated carbocycles. The summed E-state index contributed by atoms with van der Waals surface area (Å²) in [5.41, 5.74) is 0. The lowest BCUT2D eigenvalue weighted by Gasteiger charge is -2.10. The molecule has 0 aromatic rings. The summed E-state index contributed by atoms with van der Waals surface area (Å²) in [6, 6.07) is 0. The van der Waals surface area contributed by atoms with Crippen LogP contribution in [0.15, 0.2) is 12.2 Å². The summed E-state index contributed by atoms with van der Waals surface area (Å²) in [6.45, 7) is 4.74. The smallest absolute Gasteiger partial charge is 0.0970 e. The summed E-state index contributed by atoms with van der Waals surface area (Å²) in [5.74, 6) is 0. The molecule has 1 N–H and O–H groups in total. The molecule has 0 fully saturated rings. The fourth-order valence-corrected chi connectivity index (χ4v) is 0.715. The van der Waals surface area contributed by atoms with E-state index in [1.807, 2.05) is 20.0 Å². The standard InChI is InChI=1S/C8H17NO/c1-4-6-8(5-2)10-7-9-3/h4,6,8-9H,5,7H2,1-3H3/b6-4-. The first-order valence-corrected chi connectivity index (χ1v) is 3.74. The maximum atomic E-state index is 5.38. The quantitative estimate of drug-likeness (QED) is 0.465. The van der Waals surface area contributed by atoms with E-state index >= 15 is 0 Å². The van der Waals surface area contributed by atoms with E-state index in [2.05, 4.69) is 18.3 Å². The normalized spacial score (nSPS) is 14.3. The van der Waals surface area contributed by atoms with Crippen LogP contribution in [0.4, 0.5) is 0 Å². The van der Waals surface area contributed by atoms with Crippen molar-refractivity contribution in [3.8, 4) is 0 Å². The Kier molecular flexibility index (Phi) is 6.55. The van der Waals surface area contributed by atoms with E-state index < -0.39 is 0 Å². The van der Waals surface area contributed by atoms with E-state index in [9.17, 15) is 0 Å². The van der Waals surface area contributed by atoms with Gasteiger partial charge in [0.1, 0.15) is 0 Å². The first kappa shape index (κ1) is 9.66. The fraction of sp³-hybridized carbons (Fsp3) is 0.750. The van der Waals surface area contributed by atoms with Gasteiger partial charge in [-0.3, -0.25) is 5.32 Å². The van der Waals surface area contributed by atoms with Gasteiger partial charge in [0.25, 0.3) is 0 Å². The van der Waals surface area contributed by atoms with Crippen LogP contribution in [0, 0.1) is 0 Å². The molecule has 2 heteroatoms. The van der Waals surface area contributed by atoms with Gasteiger partial charge in [-0.05, 0) is 20.4 Å². The van der Waals surface area contributed by atoms with E-state index in [4.69, 9.17) is 4.74 Å². The van der Waals surface area contributed by atoms with Crippen molar-refractivity contribution in [1.29, 1.82) is 0 Å². The molecule has 0 radical (unpaired) electrons. The van der Waals surface area contributed by atoms with Gasteiger partial charge in [-0.15, -0.1) is 0 Å². The Bertz CT molecular complexity index is 91.3. The van der Waals surface area contributed by atoms with Gasteiger partial charge >= 0.3 is 0 Å². The highest BCUT2D eigenvalue weighted by Crippen LogP contribution is 1.97. The van der Waals surface area contributed by atoms with Crippen LogP contribution in [0.2, 0.25) is 0 Å². The molecular formula is C8H17NO. The van der Waals surface area contributed by atoms with Crippen molar-refractivity contribution in [2.24, 2.45) is 0 Å². The number of hydrogen-bond acceptors (Lipinski definition) is 2. The van der Waals surface area contributed by atoms with E-state index in [1.165, 1.54) is 0 Å². The molecule has 0 amide bonds. The van der Waals surface area contributed by atoms with Crippen molar-refractivity contribution in [2.75, 3.05) is 13.8 Å². The maximum absolute atomic E-state index is 5.38. The van der Waals surface area contributed by atoms with Crippen molar-refractivity contribution in [3.63, 3.8) is 0 Å². The summed E-state index contributed by atoms with van der Waals surface area (Å²) in [5, 5.41) is 2.93. The first-order chi connectivity index (χ1) is 4.85. The van der Waals surface area contributed by atoms with Crippen molar-refractivity contribution in [3.05, 3.63) is 12.2 Å². The topological polar surface area (TPSA) is 21.3 Å². The SMILES string of the molecule is C/C=C\C(CC)OCNC. The average Bonchev–Trinajstić information content (AvgIpc) is 1.98. The predicted molar refractivity (Wildman–Crippen MR) is 43.9 cm³/mol. The third-order valence-corrected chi connectivity index (χ3v) is 1.25. The zero-order chi connectivity index (χ0) is 7.82. The Morgan fingerprint density at radius 1 is 1.60 bits per heavy atom. The van der Waals surface area contributed by atoms with Crippen LogP contribution < -0.4 is 5.32 Å². The molecule has 60 valence electrons. The van der Waals surface area contributed by atoms with E-state index in [0.29, 0.717) is 6.73 Å². The van der Waals surface area contributed by atoms with E-state index in [1.54, 1.807) is 0 Å². The molecule has 0 aliphatic rings. The monoisotopic (exact) mass is 143 g/mol. The lowest BCUT2D eigenvalue weighted by Crippen LogP contribution is -2.18. The second-order valence-electron chi connectivity index (χ2n) is 2.14. The van der Waals surface area contributed by atoms with Crippen LogP contribution in [0.5, 0.6) is 0 Å².